The van der Waals surface area contributed by atoms with Crippen LogP contribution in [0.2, 0.25) is 0 Å². The summed E-state index contributed by atoms with van der Waals surface area (Å²) in [5, 5.41) is 3.48. The van der Waals surface area contributed by atoms with Crippen LogP contribution in [0, 0.1) is 0 Å². The van der Waals surface area contributed by atoms with Crippen molar-refractivity contribution in [3.8, 4) is 11.5 Å². The molecule has 0 unspecified atom stereocenters. The molecule has 1 aliphatic rings. The molecule has 6 heteroatoms. The van der Waals surface area contributed by atoms with E-state index in [0.29, 0.717) is 18.8 Å². The van der Waals surface area contributed by atoms with Crippen molar-refractivity contribution in [3.05, 3.63) is 23.8 Å². The number of oxime groups is 1. The fourth-order valence-electron chi connectivity index (χ4n) is 1.78. The van der Waals surface area contributed by atoms with Crippen LogP contribution in [0.1, 0.15) is 12.5 Å². The van der Waals surface area contributed by atoms with Crippen molar-refractivity contribution in [2.45, 2.75) is 13.5 Å². The Morgan fingerprint density at radius 2 is 2.26 bits per heavy atom. The molecule has 1 amide bonds. The average Bonchev–Trinajstić information content (AvgIpc) is 2.89. The fraction of sp³-hybridized carbons (Fsp3) is 0.385. The van der Waals surface area contributed by atoms with Gasteiger partial charge >= 0.3 is 0 Å². The maximum atomic E-state index is 11.8. The van der Waals surface area contributed by atoms with E-state index in [-0.39, 0.29) is 12.7 Å². The molecule has 0 saturated carbocycles. The molecule has 1 aromatic rings. The van der Waals surface area contributed by atoms with Gasteiger partial charge in [-0.15, -0.1) is 0 Å². The largest absolute Gasteiger partial charge is 0.454 e. The summed E-state index contributed by atoms with van der Waals surface area (Å²) in [7, 11) is 1.40. The molecule has 0 saturated heterocycles. The van der Waals surface area contributed by atoms with E-state index in [1.165, 1.54) is 7.11 Å². The predicted octanol–water partition coefficient (Wildman–Crippen LogP) is 1.40. The zero-order valence-electron chi connectivity index (χ0n) is 11.0. The van der Waals surface area contributed by atoms with Gasteiger partial charge in [-0.2, -0.15) is 0 Å². The van der Waals surface area contributed by atoms with E-state index in [0.717, 1.165) is 17.5 Å². The molecule has 0 bridgehead atoms. The molecule has 0 fully saturated rings. The molecular weight excluding hydrogens is 248 g/mol. The van der Waals surface area contributed by atoms with Crippen LogP contribution in [-0.2, 0) is 16.2 Å². The fourth-order valence-corrected chi connectivity index (χ4v) is 1.78. The lowest BCUT2D eigenvalue weighted by Gasteiger charge is -2.18. The van der Waals surface area contributed by atoms with Gasteiger partial charge in [0.2, 0.25) is 6.79 Å². The summed E-state index contributed by atoms with van der Waals surface area (Å²) in [6.07, 6.45) is 1.16. The monoisotopic (exact) mass is 264 g/mol. The Morgan fingerprint density at radius 3 is 3.00 bits per heavy atom. The Hall–Kier alpha value is -2.24. The van der Waals surface area contributed by atoms with E-state index in [9.17, 15) is 4.79 Å². The van der Waals surface area contributed by atoms with Crippen molar-refractivity contribution < 1.29 is 19.1 Å². The maximum absolute atomic E-state index is 11.8. The van der Waals surface area contributed by atoms with E-state index < -0.39 is 0 Å². The van der Waals surface area contributed by atoms with Gasteiger partial charge in [0.15, 0.2) is 11.5 Å². The van der Waals surface area contributed by atoms with Crippen LogP contribution in [0.5, 0.6) is 11.5 Å². The molecule has 0 aliphatic carbocycles. The molecule has 1 aromatic carbocycles. The first-order valence-corrected chi connectivity index (χ1v) is 5.98. The first-order valence-electron chi connectivity index (χ1n) is 5.98. The summed E-state index contributed by atoms with van der Waals surface area (Å²) in [6.45, 7) is 3.23. The second-order valence-electron chi connectivity index (χ2n) is 3.96. The van der Waals surface area contributed by atoms with Gasteiger partial charge in [-0.1, -0.05) is 11.2 Å². The van der Waals surface area contributed by atoms with Gasteiger partial charge in [-0.3, -0.25) is 4.79 Å². The molecule has 0 N–H and O–H groups in total. The highest BCUT2D eigenvalue weighted by Crippen LogP contribution is 2.32. The van der Waals surface area contributed by atoms with Crippen LogP contribution in [0.4, 0.5) is 0 Å². The summed E-state index contributed by atoms with van der Waals surface area (Å²) in [5.74, 6) is 1.26. The molecule has 102 valence electrons. The number of rotatable bonds is 5. The van der Waals surface area contributed by atoms with Gasteiger partial charge in [-0.05, 0) is 24.6 Å². The molecule has 0 radical (unpaired) electrons. The summed E-state index contributed by atoms with van der Waals surface area (Å²) in [5.41, 5.74) is 0.977. The number of carbonyl (C=O) groups is 1. The first-order chi connectivity index (χ1) is 9.24. The van der Waals surface area contributed by atoms with Crippen LogP contribution in [0.25, 0.3) is 0 Å². The third-order valence-corrected chi connectivity index (χ3v) is 2.77. The topological polar surface area (TPSA) is 60.4 Å². The van der Waals surface area contributed by atoms with E-state index in [1.807, 2.05) is 25.1 Å². The maximum Gasteiger partial charge on any atom is 0.268 e. The molecular formula is C13H16N2O4. The second-order valence-corrected chi connectivity index (χ2v) is 3.96. The minimum atomic E-state index is -0.193. The number of nitrogens with zero attached hydrogens (tertiary/aromatic N) is 2. The lowest BCUT2D eigenvalue weighted by atomic mass is 10.2. The van der Waals surface area contributed by atoms with Gasteiger partial charge in [0.05, 0.1) is 0 Å². The Kier molecular flexibility index (Phi) is 4.22. The zero-order chi connectivity index (χ0) is 13.7. The molecule has 1 aliphatic heterocycles. The van der Waals surface area contributed by atoms with Gasteiger partial charge < -0.3 is 19.2 Å². The van der Waals surface area contributed by atoms with Crippen molar-refractivity contribution in [3.63, 3.8) is 0 Å². The first kappa shape index (κ1) is 13.2. The lowest BCUT2D eigenvalue weighted by Crippen LogP contribution is -2.31. The smallest absolute Gasteiger partial charge is 0.268 e. The lowest BCUT2D eigenvalue weighted by molar-refractivity contribution is -0.124. The number of ether oxygens (including phenoxy) is 2. The normalized spacial score (nSPS) is 12.7. The standard InChI is InChI=1S/C13H16N2O4/c1-3-15(13(16)7-14-17-2)8-10-4-5-11-12(6-10)19-9-18-11/h4-7H,3,8-9H2,1-2H3/b14-7+. The Morgan fingerprint density at radius 1 is 1.47 bits per heavy atom. The Bertz CT molecular complexity index is 488. The van der Waals surface area contributed by atoms with Crippen molar-refractivity contribution in [1.29, 1.82) is 0 Å². The molecule has 0 atom stereocenters. The van der Waals surface area contributed by atoms with E-state index in [2.05, 4.69) is 9.99 Å². The van der Waals surface area contributed by atoms with E-state index in [4.69, 9.17) is 9.47 Å². The number of hydrogen-bond donors (Lipinski definition) is 0. The minimum Gasteiger partial charge on any atom is -0.454 e. The van der Waals surface area contributed by atoms with Crippen molar-refractivity contribution in [2.75, 3.05) is 20.4 Å². The average molecular weight is 264 g/mol. The highest BCUT2D eigenvalue weighted by molar-refractivity contribution is 6.25. The third-order valence-electron chi connectivity index (χ3n) is 2.77. The number of fused-ring (bicyclic) bond motifs is 1. The van der Waals surface area contributed by atoms with E-state index in [1.54, 1.807) is 4.90 Å². The summed E-state index contributed by atoms with van der Waals surface area (Å²) < 4.78 is 10.6. The quantitative estimate of drug-likeness (QED) is 0.595. The molecule has 6 nitrogen and oxygen atoms in total. The minimum absolute atomic E-state index is 0.193. The molecule has 0 spiro atoms. The summed E-state index contributed by atoms with van der Waals surface area (Å²) in [6, 6.07) is 5.64. The van der Waals surface area contributed by atoms with Gasteiger partial charge in [-0.25, -0.2) is 0 Å². The molecule has 0 aromatic heterocycles. The van der Waals surface area contributed by atoms with E-state index >= 15 is 0 Å². The predicted molar refractivity (Wildman–Crippen MR) is 69.2 cm³/mol. The van der Waals surface area contributed by atoms with Crippen LogP contribution in [0.3, 0.4) is 0 Å². The number of amides is 1. The van der Waals surface area contributed by atoms with Gasteiger partial charge in [0, 0.05) is 13.1 Å². The van der Waals surface area contributed by atoms with Crippen LogP contribution in [-0.4, -0.2) is 37.5 Å². The third kappa shape index (κ3) is 3.15. The number of benzene rings is 1. The van der Waals surface area contributed by atoms with Crippen LogP contribution >= 0.6 is 0 Å². The summed E-state index contributed by atoms with van der Waals surface area (Å²) in [4.78, 5) is 18.0. The zero-order valence-corrected chi connectivity index (χ0v) is 11.0. The van der Waals surface area contributed by atoms with Crippen LogP contribution in [0.15, 0.2) is 23.4 Å². The van der Waals surface area contributed by atoms with Crippen molar-refractivity contribution in [2.24, 2.45) is 5.16 Å². The summed E-state index contributed by atoms with van der Waals surface area (Å²) >= 11 is 0. The second kappa shape index (κ2) is 6.08. The van der Waals surface area contributed by atoms with Crippen LogP contribution < -0.4 is 9.47 Å². The Balaban J connectivity index is 2.06. The van der Waals surface area contributed by atoms with Gasteiger partial charge in [0.1, 0.15) is 13.3 Å². The Labute approximate surface area is 111 Å². The SMILES string of the molecule is CCN(Cc1ccc2c(c1)OCO2)C(=O)/C=N/OC. The molecule has 2 rings (SSSR count). The highest BCUT2D eigenvalue weighted by Gasteiger charge is 2.15. The van der Waals surface area contributed by atoms with Crippen molar-refractivity contribution >= 4 is 12.1 Å². The molecule has 1 heterocycles. The molecule has 19 heavy (non-hydrogen) atoms. The highest BCUT2D eigenvalue weighted by atomic mass is 16.7. The number of hydrogen-bond acceptors (Lipinski definition) is 5. The van der Waals surface area contributed by atoms with Crippen molar-refractivity contribution in [1.82, 2.24) is 4.90 Å². The van der Waals surface area contributed by atoms with Gasteiger partial charge in [0.25, 0.3) is 5.91 Å². The number of carbonyl (C=O) groups excluding carboxylic acids is 1.